The van der Waals surface area contributed by atoms with E-state index in [1.165, 1.54) is 4.88 Å². The molecule has 0 saturated heterocycles. The Labute approximate surface area is 94.7 Å². The number of rotatable bonds is 4. The van der Waals surface area contributed by atoms with E-state index in [9.17, 15) is 4.79 Å². The molecule has 0 bridgehead atoms. The molecule has 0 aliphatic heterocycles. The van der Waals surface area contributed by atoms with E-state index in [2.05, 4.69) is 36.7 Å². The van der Waals surface area contributed by atoms with E-state index >= 15 is 0 Å². The third kappa shape index (κ3) is 2.40. The minimum Gasteiger partial charge on any atom is -0.353 e. The van der Waals surface area contributed by atoms with Crippen LogP contribution in [0.15, 0.2) is 17.5 Å². The Kier molecular flexibility index (Phi) is 3.10. The fraction of sp³-hybridized carbons (Fsp3) is 0.583. The summed E-state index contributed by atoms with van der Waals surface area (Å²) in [6.45, 7) is 4.15. The highest BCUT2D eigenvalue weighted by atomic mass is 32.1. The molecular formula is C12H17NOS. The Hall–Kier alpha value is -0.830. The second-order valence-electron chi connectivity index (χ2n) is 4.28. The molecule has 1 aliphatic carbocycles. The second kappa shape index (κ2) is 4.35. The number of nitrogens with one attached hydrogen (secondary N) is 1. The van der Waals surface area contributed by atoms with Crippen LogP contribution in [-0.2, 0) is 4.79 Å². The summed E-state index contributed by atoms with van der Waals surface area (Å²) >= 11 is 1.76. The molecule has 3 atom stereocenters. The normalized spacial score (nSPS) is 26.0. The van der Waals surface area contributed by atoms with Gasteiger partial charge in [-0.15, -0.1) is 11.3 Å². The smallest absolute Gasteiger partial charge is 0.223 e. The van der Waals surface area contributed by atoms with Gasteiger partial charge in [0.25, 0.3) is 0 Å². The van der Waals surface area contributed by atoms with Gasteiger partial charge >= 0.3 is 0 Å². The van der Waals surface area contributed by atoms with Crippen molar-refractivity contribution >= 4 is 17.2 Å². The molecular weight excluding hydrogens is 206 g/mol. The number of amides is 1. The third-order valence-electron chi connectivity index (χ3n) is 3.04. The van der Waals surface area contributed by atoms with Crippen LogP contribution in [0, 0.1) is 5.92 Å². The van der Waals surface area contributed by atoms with E-state index in [0.29, 0.717) is 12.0 Å². The first-order valence-electron chi connectivity index (χ1n) is 5.56. The molecule has 0 aromatic carbocycles. The lowest BCUT2D eigenvalue weighted by Gasteiger charge is -2.10. The van der Waals surface area contributed by atoms with Crippen LogP contribution in [0.3, 0.4) is 0 Å². The van der Waals surface area contributed by atoms with Gasteiger partial charge in [0, 0.05) is 22.8 Å². The lowest BCUT2D eigenvalue weighted by molar-refractivity contribution is -0.123. The maximum atomic E-state index is 11.8. The largest absolute Gasteiger partial charge is 0.353 e. The van der Waals surface area contributed by atoms with E-state index in [4.69, 9.17) is 0 Å². The Morgan fingerprint density at radius 2 is 2.53 bits per heavy atom. The SMILES string of the molecule is CCC(C)NC(=O)C1CC1c1cccs1. The molecule has 1 N–H and O–H groups in total. The van der Waals surface area contributed by atoms with Crippen molar-refractivity contribution in [1.82, 2.24) is 5.32 Å². The van der Waals surface area contributed by atoms with Crippen LogP contribution >= 0.6 is 11.3 Å². The number of hydrogen-bond donors (Lipinski definition) is 1. The quantitative estimate of drug-likeness (QED) is 0.835. The Bertz CT molecular complexity index is 333. The van der Waals surface area contributed by atoms with Gasteiger partial charge in [0.15, 0.2) is 0 Å². The zero-order chi connectivity index (χ0) is 10.8. The molecule has 1 fully saturated rings. The summed E-state index contributed by atoms with van der Waals surface area (Å²) in [6.07, 6.45) is 2.03. The summed E-state index contributed by atoms with van der Waals surface area (Å²) in [5.74, 6) is 0.967. The summed E-state index contributed by atoms with van der Waals surface area (Å²) in [5, 5.41) is 5.13. The molecule has 0 radical (unpaired) electrons. The van der Waals surface area contributed by atoms with Gasteiger partial charge in [-0.2, -0.15) is 0 Å². The second-order valence-corrected chi connectivity index (χ2v) is 5.26. The van der Waals surface area contributed by atoms with Crippen molar-refractivity contribution in [3.05, 3.63) is 22.4 Å². The van der Waals surface area contributed by atoms with Crippen LogP contribution in [0.5, 0.6) is 0 Å². The van der Waals surface area contributed by atoms with E-state index < -0.39 is 0 Å². The molecule has 2 nitrogen and oxygen atoms in total. The molecule has 1 amide bonds. The van der Waals surface area contributed by atoms with Crippen LogP contribution in [-0.4, -0.2) is 11.9 Å². The van der Waals surface area contributed by atoms with Crippen molar-refractivity contribution in [2.75, 3.05) is 0 Å². The number of carbonyl (C=O) groups is 1. The maximum Gasteiger partial charge on any atom is 0.223 e. The summed E-state index contributed by atoms with van der Waals surface area (Å²) < 4.78 is 0. The summed E-state index contributed by atoms with van der Waals surface area (Å²) in [7, 11) is 0. The lowest BCUT2D eigenvalue weighted by atomic mass is 10.2. The van der Waals surface area contributed by atoms with Crippen LogP contribution in [0.4, 0.5) is 0 Å². The van der Waals surface area contributed by atoms with E-state index in [-0.39, 0.29) is 11.8 Å². The van der Waals surface area contributed by atoms with Crippen molar-refractivity contribution < 1.29 is 4.79 Å². The van der Waals surface area contributed by atoms with Gasteiger partial charge in [-0.05, 0) is 31.2 Å². The lowest BCUT2D eigenvalue weighted by Crippen LogP contribution is -2.33. The fourth-order valence-corrected chi connectivity index (χ4v) is 2.66. The van der Waals surface area contributed by atoms with Crippen LogP contribution in [0.2, 0.25) is 0 Å². The molecule has 3 unspecified atom stereocenters. The first-order chi connectivity index (χ1) is 7.22. The highest BCUT2D eigenvalue weighted by Crippen LogP contribution is 2.49. The van der Waals surface area contributed by atoms with E-state index in [1.54, 1.807) is 11.3 Å². The zero-order valence-electron chi connectivity index (χ0n) is 9.19. The van der Waals surface area contributed by atoms with E-state index in [0.717, 1.165) is 12.8 Å². The van der Waals surface area contributed by atoms with E-state index in [1.807, 2.05) is 0 Å². The predicted octanol–water partition coefficient (Wildman–Crippen LogP) is 2.77. The van der Waals surface area contributed by atoms with Gasteiger partial charge in [-0.3, -0.25) is 4.79 Å². The minimum atomic E-state index is 0.234. The fourth-order valence-electron chi connectivity index (χ4n) is 1.75. The molecule has 1 heterocycles. The predicted molar refractivity (Wildman–Crippen MR) is 63.1 cm³/mol. The molecule has 82 valence electrons. The highest BCUT2D eigenvalue weighted by molar-refractivity contribution is 7.10. The summed E-state index contributed by atoms with van der Waals surface area (Å²) in [4.78, 5) is 13.1. The van der Waals surface area contributed by atoms with Gasteiger partial charge in [-0.1, -0.05) is 13.0 Å². The Balaban J connectivity index is 1.86. The third-order valence-corrected chi connectivity index (χ3v) is 4.04. The van der Waals surface area contributed by atoms with Gasteiger partial charge in [0.05, 0.1) is 0 Å². The van der Waals surface area contributed by atoms with Crippen molar-refractivity contribution in [3.63, 3.8) is 0 Å². The Morgan fingerprint density at radius 3 is 3.13 bits per heavy atom. The molecule has 1 aliphatic rings. The average molecular weight is 223 g/mol. The monoisotopic (exact) mass is 223 g/mol. The molecule has 1 aromatic heterocycles. The van der Waals surface area contributed by atoms with Gasteiger partial charge in [0.1, 0.15) is 0 Å². The standard InChI is InChI=1S/C12H17NOS/c1-3-8(2)13-12(14)10-7-9(10)11-5-4-6-15-11/h4-6,8-10H,3,7H2,1-2H3,(H,13,14). The molecule has 1 aromatic rings. The van der Waals surface area contributed by atoms with Gasteiger partial charge in [-0.25, -0.2) is 0 Å². The first-order valence-corrected chi connectivity index (χ1v) is 6.44. The van der Waals surface area contributed by atoms with Crippen LogP contribution in [0.1, 0.15) is 37.5 Å². The van der Waals surface area contributed by atoms with Crippen LogP contribution in [0.25, 0.3) is 0 Å². The van der Waals surface area contributed by atoms with Crippen molar-refractivity contribution in [2.24, 2.45) is 5.92 Å². The van der Waals surface area contributed by atoms with Gasteiger partial charge < -0.3 is 5.32 Å². The van der Waals surface area contributed by atoms with Crippen molar-refractivity contribution in [3.8, 4) is 0 Å². The van der Waals surface area contributed by atoms with Gasteiger partial charge in [0.2, 0.25) is 5.91 Å². The first kappa shape index (κ1) is 10.7. The van der Waals surface area contributed by atoms with Crippen molar-refractivity contribution in [2.45, 2.75) is 38.6 Å². The minimum absolute atomic E-state index is 0.234. The Morgan fingerprint density at radius 1 is 1.73 bits per heavy atom. The highest BCUT2D eigenvalue weighted by Gasteiger charge is 2.44. The molecule has 1 saturated carbocycles. The molecule has 2 rings (SSSR count). The molecule has 3 heteroatoms. The van der Waals surface area contributed by atoms with Crippen LogP contribution < -0.4 is 5.32 Å². The molecule has 0 spiro atoms. The zero-order valence-corrected chi connectivity index (χ0v) is 10.0. The maximum absolute atomic E-state index is 11.8. The summed E-state index contributed by atoms with van der Waals surface area (Å²) in [6, 6.07) is 4.50. The van der Waals surface area contributed by atoms with Crippen molar-refractivity contribution in [1.29, 1.82) is 0 Å². The summed E-state index contributed by atoms with van der Waals surface area (Å²) in [5.41, 5.74) is 0. The molecule has 15 heavy (non-hydrogen) atoms. The topological polar surface area (TPSA) is 29.1 Å². The number of carbonyl (C=O) groups excluding carboxylic acids is 1. The number of hydrogen-bond acceptors (Lipinski definition) is 2. The number of thiophene rings is 1. The average Bonchev–Trinajstić information content (AvgIpc) is 2.85.